The molecule has 1 aromatic carbocycles. The summed E-state index contributed by atoms with van der Waals surface area (Å²) in [6, 6.07) is 10.0. The van der Waals surface area contributed by atoms with Gasteiger partial charge in [0.2, 0.25) is 0 Å². The lowest BCUT2D eigenvalue weighted by Gasteiger charge is -2.33. The first kappa shape index (κ1) is 25.6. The predicted molar refractivity (Wildman–Crippen MR) is 129 cm³/mol. The molecule has 0 aliphatic carbocycles. The van der Waals surface area contributed by atoms with E-state index in [4.69, 9.17) is 9.47 Å². The number of hydrogen-bond acceptors (Lipinski definition) is 8. The molecule has 2 aliphatic heterocycles. The Morgan fingerprint density at radius 2 is 1.87 bits per heavy atom. The Bertz CT molecular complexity index is 1250. The minimum atomic E-state index is -4.69. The fourth-order valence-electron chi connectivity index (χ4n) is 4.76. The van der Waals surface area contributed by atoms with Gasteiger partial charge in [-0.2, -0.15) is 0 Å². The third kappa shape index (κ3) is 6.09. The van der Waals surface area contributed by atoms with Crippen LogP contribution in [0, 0.1) is 16.0 Å². The molecule has 1 fully saturated rings. The maximum absolute atomic E-state index is 12.3. The van der Waals surface area contributed by atoms with Crippen molar-refractivity contribution < 1.29 is 32.3 Å². The van der Waals surface area contributed by atoms with Crippen LogP contribution >= 0.6 is 0 Å². The van der Waals surface area contributed by atoms with Gasteiger partial charge in [-0.25, -0.2) is 4.98 Å². The van der Waals surface area contributed by atoms with E-state index < -0.39 is 16.9 Å². The Balaban J connectivity index is 1.07. The second kappa shape index (κ2) is 10.0. The molecule has 1 saturated heterocycles. The maximum Gasteiger partial charge on any atom is 0.573 e. The highest BCUT2D eigenvalue weighted by Crippen LogP contribution is 2.32. The number of anilines is 1. The molecule has 3 aromatic rings. The van der Waals surface area contributed by atoms with Gasteiger partial charge in [-0.3, -0.25) is 4.57 Å². The summed E-state index contributed by atoms with van der Waals surface area (Å²) in [6.07, 6.45) is 1.02. The van der Waals surface area contributed by atoms with Crippen LogP contribution in [0.1, 0.15) is 25.3 Å². The molecule has 202 valence electrons. The largest absolute Gasteiger partial charge is 0.573 e. The van der Waals surface area contributed by atoms with Gasteiger partial charge >= 0.3 is 18.2 Å². The van der Waals surface area contributed by atoms with Crippen LogP contribution in [0.4, 0.5) is 24.8 Å². The normalized spacial score (nSPS) is 19.6. The SMILES string of the molecule is C[C@@]1(COc2ccc(N3CCC(Cc4ccc(OC(F)(F)F)cc4)CC3)nc2)Cn2cc([N+](=O)[O-])nc2O1. The predicted octanol–water partition coefficient (Wildman–Crippen LogP) is 4.77. The molecule has 0 saturated carbocycles. The zero-order valence-electron chi connectivity index (χ0n) is 20.6. The van der Waals surface area contributed by atoms with Gasteiger partial charge in [0.1, 0.15) is 30.1 Å². The number of nitrogens with zero attached hydrogens (tertiary/aromatic N) is 5. The molecule has 2 aromatic heterocycles. The van der Waals surface area contributed by atoms with Gasteiger partial charge in [-0.05, 0) is 66.9 Å². The monoisotopic (exact) mass is 533 g/mol. The van der Waals surface area contributed by atoms with E-state index in [1.165, 1.54) is 18.3 Å². The molecular weight excluding hydrogens is 507 g/mol. The van der Waals surface area contributed by atoms with Crippen molar-refractivity contribution in [3.63, 3.8) is 0 Å². The summed E-state index contributed by atoms with van der Waals surface area (Å²) in [6.45, 7) is 4.12. The van der Waals surface area contributed by atoms with Gasteiger partial charge in [0.15, 0.2) is 5.60 Å². The van der Waals surface area contributed by atoms with Gasteiger partial charge in [-0.1, -0.05) is 12.1 Å². The van der Waals surface area contributed by atoms with Crippen LogP contribution in [0.3, 0.4) is 0 Å². The van der Waals surface area contributed by atoms with Crippen molar-refractivity contribution in [2.75, 3.05) is 24.6 Å². The van der Waals surface area contributed by atoms with Crippen molar-refractivity contribution in [3.8, 4) is 17.5 Å². The Hall–Kier alpha value is -4.03. The topological polar surface area (TPSA) is 105 Å². The molecule has 2 aliphatic rings. The molecular formula is C25H26F3N5O5. The van der Waals surface area contributed by atoms with E-state index in [1.807, 2.05) is 19.1 Å². The highest BCUT2D eigenvalue weighted by atomic mass is 19.4. The molecule has 5 rings (SSSR count). The number of ether oxygens (including phenoxy) is 3. The average molecular weight is 534 g/mol. The molecule has 0 bridgehead atoms. The highest BCUT2D eigenvalue weighted by molar-refractivity contribution is 5.41. The van der Waals surface area contributed by atoms with Gasteiger partial charge in [-0.15, -0.1) is 13.2 Å². The third-order valence-electron chi connectivity index (χ3n) is 6.64. The van der Waals surface area contributed by atoms with E-state index in [1.54, 1.807) is 22.9 Å². The number of pyridine rings is 1. The van der Waals surface area contributed by atoms with Crippen molar-refractivity contribution in [1.29, 1.82) is 0 Å². The molecule has 0 unspecified atom stereocenters. The zero-order valence-corrected chi connectivity index (χ0v) is 20.6. The van der Waals surface area contributed by atoms with Crippen LogP contribution in [0.5, 0.6) is 17.5 Å². The first-order valence-electron chi connectivity index (χ1n) is 12.1. The third-order valence-corrected chi connectivity index (χ3v) is 6.64. The fourth-order valence-corrected chi connectivity index (χ4v) is 4.76. The summed E-state index contributed by atoms with van der Waals surface area (Å²) in [5.41, 5.74) is 0.281. The number of rotatable bonds is 8. The first-order chi connectivity index (χ1) is 18.1. The summed E-state index contributed by atoms with van der Waals surface area (Å²) < 4.78 is 54.2. The minimum absolute atomic E-state index is 0.201. The van der Waals surface area contributed by atoms with Crippen LogP contribution in [-0.4, -0.2) is 51.1 Å². The molecule has 13 heteroatoms. The number of aromatic nitrogens is 3. The van der Waals surface area contributed by atoms with Gasteiger partial charge in [0.25, 0.3) is 0 Å². The lowest BCUT2D eigenvalue weighted by molar-refractivity contribution is -0.389. The number of piperidine rings is 1. The zero-order chi connectivity index (χ0) is 26.9. The van der Waals surface area contributed by atoms with E-state index in [0.29, 0.717) is 18.2 Å². The van der Waals surface area contributed by atoms with Gasteiger partial charge < -0.3 is 29.2 Å². The molecule has 0 N–H and O–H groups in total. The first-order valence-corrected chi connectivity index (χ1v) is 12.1. The van der Waals surface area contributed by atoms with E-state index in [0.717, 1.165) is 43.7 Å². The minimum Gasteiger partial charge on any atom is -0.488 e. The fraction of sp³-hybridized carbons (Fsp3) is 0.440. The molecule has 4 heterocycles. The van der Waals surface area contributed by atoms with E-state index >= 15 is 0 Å². The summed E-state index contributed by atoms with van der Waals surface area (Å²) in [4.78, 5) is 20.9. The maximum atomic E-state index is 12.3. The van der Waals surface area contributed by atoms with E-state index in [-0.39, 0.29) is 24.2 Å². The molecule has 10 nitrogen and oxygen atoms in total. The number of hydrogen-bond donors (Lipinski definition) is 0. The van der Waals surface area contributed by atoms with Crippen molar-refractivity contribution in [2.24, 2.45) is 5.92 Å². The molecule has 0 radical (unpaired) electrons. The van der Waals surface area contributed by atoms with Gasteiger partial charge in [0.05, 0.1) is 12.7 Å². The number of nitro groups is 1. The number of benzene rings is 1. The second-order valence-electron chi connectivity index (χ2n) is 9.79. The summed E-state index contributed by atoms with van der Waals surface area (Å²) in [5, 5.41) is 10.9. The number of imidazole rings is 1. The molecule has 0 spiro atoms. The quantitative estimate of drug-likeness (QED) is 0.301. The van der Waals surface area contributed by atoms with Crippen molar-refractivity contribution in [2.45, 2.75) is 44.7 Å². The van der Waals surface area contributed by atoms with E-state index in [2.05, 4.69) is 19.6 Å². The molecule has 1 atom stereocenters. The summed E-state index contributed by atoms with van der Waals surface area (Å²) in [5.74, 6) is 1.41. The van der Waals surface area contributed by atoms with Crippen LogP contribution in [0.25, 0.3) is 0 Å². The molecule has 0 amide bonds. The van der Waals surface area contributed by atoms with Crippen molar-refractivity contribution >= 4 is 11.6 Å². The Labute approximate surface area is 216 Å². The van der Waals surface area contributed by atoms with Crippen LogP contribution in [0.2, 0.25) is 0 Å². The van der Waals surface area contributed by atoms with E-state index in [9.17, 15) is 23.3 Å². The lowest BCUT2D eigenvalue weighted by Crippen LogP contribution is -2.38. The average Bonchev–Trinajstić information content (AvgIpc) is 3.40. The Morgan fingerprint density at radius 1 is 1.16 bits per heavy atom. The standard InChI is InChI=1S/C25H26F3N5O5/c1-24(15-32-14-22(33(34)35)30-23(32)38-24)16-36-20-6-7-21(29-13-20)31-10-8-18(9-11-31)12-17-2-4-19(5-3-17)37-25(26,27)28/h2-7,13-14,18H,8-12,15-16H2,1H3/t24-/m0/s1. The van der Waals surface area contributed by atoms with Crippen molar-refractivity contribution in [3.05, 3.63) is 64.5 Å². The molecule has 38 heavy (non-hydrogen) atoms. The van der Waals surface area contributed by atoms with Crippen LogP contribution in [-0.2, 0) is 13.0 Å². The highest BCUT2D eigenvalue weighted by Gasteiger charge is 2.41. The number of halogens is 3. The van der Waals surface area contributed by atoms with Gasteiger partial charge in [0, 0.05) is 18.1 Å². The number of alkyl halides is 3. The van der Waals surface area contributed by atoms with Crippen molar-refractivity contribution in [1.82, 2.24) is 14.5 Å². The summed E-state index contributed by atoms with van der Waals surface area (Å²) >= 11 is 0. The smallest absolute Gasteiger partial charge is 0.488 e. The number of fused-ring (bicyclic) bond motifs is 1. The Kier molecular flexibility index (Phi) is 6.76. The summed E-state index contributed by atoms with van der Waals surface area (Å²) in [7, 11) is 0. The van der Waals surface area contributed by atoms with Crippen LogP contribution in [0.15, 0.2) is 48.8 Å². The van der Waals surface area contributed by atoms with Crippen LogP contribution < -0.4 is 19.1 Å². The lowest BCUT2D eigenvalue weighted by atomic mass is 9.90. The second-order valence-corrected chi connectivity index (χ2v) is 9.79. The Morgan fingerprint density at radius 3 is 2.47 bits per heavy atom.